The van der Waals surface area contributed by atoms with Gasteiger partial charge in [-0.2, -0.15) is 0 Å². The second-order valence-corrected chi connectivity index (χ2v) is 4.63. The molecule has 0 heterocycles. The van der Waals surface area contributed by atoms with Crippen LogP contribution in [0.1, 0.15) is 12.0 Å². The highest BCUT2D eigenvalue weighted by atomic mass is 35.5. The van der Waals surface area contributed by atoms with Gasteiger partial charge in [0.25, 0.3) is 0 Å². The standard InChI is InChI=1S/C14H21N3O2.ClH/c1-17(2)13(18)8-9-16-14(19)12(15)10-11-6-4-3-5-7-11;/h3-7,12H,8-10,15H2,1-2H3,(H,16,19);1H. The Labute approximate surface area is 125 Å². The molecule has 1 rings (SSSR count). The first-order chi connectivity index (χ1) is 9.00. The number of nitrogens with two attached hydrogens (primary N) is 1. The molecule has 0 radical (unpaired) electrons. The van der Waals surface area contributed by atoms with Crippen LogP contribution in [0.15, 0.2) is 30.3 Å². The summed E-state index contributed by atoms with van der Waals surface area (Å²) in [6.07, 6.45) is 0.783. The zero-order valence-corrected chi connectivity index (χ0v) is 12.7. The minimum Gasteiger partial charge on any atom is -0.354 e. The molecule has 0 aromatic heterocycles. The molecule has 20 heavy (non-hydrogen) atoms. The summed E-state index contributed by atoms with van der Waals surface area (Å²) in [5.41, 5.74) is 6.84. The van der Waals surface area contributed by atoms with Gasteiger partial charge in [0.05, 0.1) is 6.04 Å². The lowest BCUT2D eigenvalue weighted by Crippen LogP contribution is -2.43. The summed E-state index contributed by atoms with van der Waals surface area (Å²) < 4.78 is 0. The van der Waals surface area contributed by atoms with Crippen molar-refractivity contribution in [2.75, 3.05) is 20.6 Å². The van der Waals surface area contributed by atoms with Gasteiger partial charge in [0.15, 0.2) is 0 Å². The molecule has 0 aliphatic heterocycles. The average molecular weight is 300 g/mol. The number of nitrogens with one attached hydrogen (secondary N) is 1. The highest BCUT2D eigenvalue weighted by molar-refractivity contribution is 5.85. The maximum Gasteiger partial charge on any atom is 0.237 e. The molecule has 6 heteroatoms. The van der Waals surface area contributed by atoms with Crippen molar-refractivity contribution in [3.63, 3.8) is 0 Å². The van der Waals surface area contributed by atoms with Gasteiger partial charge in [0.1, 0.15) is 0 Å². The van der Waals surface area contributed by atoms with E-state index in [0.29, 0.717) is 13.0 Å². The fourth-order valence-corrected chi connectivity index (χ4v) is 1.61. The van der Waals surface area contributed by atoms with E-state index in [1.54, 1.807) is 14.1 Å². The van der Waals surface area contributed by atoms with Crippen LogP contribution in [0.5, 0.6) is 0 Å². The lowest BCUT2D eigenvalue weighted by atomic mass is 10.1. The summed E-state index contributed by atoms with van der Waals surface area (Å²) in [7, 11) is 3.37. The Morgan fingerprint density at radius 2 is 1.85 bits per heavy atom. The second-order valence-electron chi connectivity index (χ2n) is 4.63. The van der Waals surface area contributed by atoms with Crippen molar-refractivity contribution in [3.05, 3.63) is 35.9 Å². The van der Waals surface area contributed by atoms with Gasteiger partial charge in [-0.25, -0.2) is 0 Å². The fraction of sp³-hybridized carbons (Fsp3) is 0.429. The number of carbonyl (C=O) groups excluding carboxylic acids is 2. The predicted octanol–water partition coefficient (Wildman–Crippen LogP) is 0.573. The first-order valence-electron chi connectivity index (χ1n) is 6.28. The summed E-state index contributed by atoms with van der Waals surface area (Å²) in [6, 6.07) is 9.02. The van der Waals surface area contributed by atoms with Crippen LogP contribution in [0.2, 0.25) is 0 Å². The molecular weight excluding hydrogens is 278 g/mol. The third-order valence-corrected chi connectivity index (χ3v) is 2.77. The molecule has 1 aromatic carbocycles. The molecular formula is C14H22ClN3O2. The molecule has 0 spiro atoms. The van der Waals surface area contributed by atoms with Crippen LogP contribution in [-0.4, -0.2) is 43.4 Å². The number of hydrogen-bond acceptors (Lipinski definition) is 3. The van der Waals surface area contributed by atoms with Gasteiger partial charge >= 0.3 is 0 Å². The molecule has 3 N–H and O–H groups in total. The van der Waals surface area contributed by atoms with Gasteiger partial charge in [0, 0.05) is 27.1 Å². The number of rotatable bonds is 6. The normalized spacial score (nSPS) is 11.2. The molecule has 112 valence electrons. The highest BCUT2D eigenvalue weighted by Crippen LogP contribution is 2.01. The molecule has 0 aliphatic rings. The Hall–Kier alpha value is -1.59. The minimum absolute atomic E-state index is 0. The Morgan fingerprint density at radius 3 is 2.40 bits per heavy atom. The Balaban J connectivity index is 0.00000361. The van der Waals surface area contributed by atoms with Crippen molar-refractivity contribution < 1.29 is 9.59 Å². The number of benzene rings is 1. The first kappa shape index (κ1) is 18.4. The third kappa shape index (κ3) is 6.54. The van der Waals surface area contributed by atoms with Crippen molar-refractivity contribution in [2.24, 2.45) is 5.73 Å². The van der Waals surface area contributed by atoms with Crippen LogP contribution in [0.4, 0.5) is 0 Å². The molecule has 5 nitrogen and oxygen atoms in total. The van der Waals surface area contributed by atoms with Gasteiger partial charge in [-0.15, -0.1) is 12.4 Å². The van der Waals surface area contributed by atoms with E-state index < -0.39 is 6.04 Å². The van der Waals surface area contributed by atoms with Gasteiger partial charge < -0.3 is 16.0 Å². The number of halogens is 1. The van der Waals surface area contributed by atoms with Crippen molar-refractivity contribution in [1.29, 1.82) is 0 Å². The fourth-order valence-electron chi connectivity index (χ4n) is 1.61. The monoisotopic (exact) mass is 299 g/mol. The van der Waals surface area contributed by atoms with E-state index in [2.05, 4.69) is 5.32 Å². The zero-order chi connectivity index (χ0) is 14.3. The molecule has 1 unspecified atom stereocenters. The van der Waals surface area contributed by atoms with Gasteiger partial charge in [-0.3, -0.25) is 9.59 Å². The van der Waals surface area contributed by atoms with E-state index in [0.717, 1.165) is 5.56 Å². The van der Waals surface area contributed by atoms with E-state index in [4.69, 9.17) is 5.73 Å². The maximum absolute atomic E-state index is 11.7. The molecule has 0 aliphatic carbocycles. The maximum atomic E-state index is 11.7. The largest absolute Gasteiger partial charge is 0.354 e. The SMILES string of the molecule is CN(C)C(=O)CCNC(=O)C(N)Cc1ccccc1.Cl. The van der Waals surface area contributed by atoms with Crippen LogP contribution in [0.3, 0.4) is 0 Å². The first-order valence-corrected chi connectivity index (χ1v) is 6.28. The smallest absolute Gasteiger partial charge is 0.237 e. The van der Waals surface area contributed by atoms with E-state index in [1.165, 1.54) is 4.90 Å². The molecule has 0 saturated heterocycles. The predicted molar refractivity (Wildman–Crippen MR) is 81.7 cm³/mol. The molecule has 1 atom stereocenters. The van der Waals surface area contributed by atoms with E-state index in [9.17, 15) is 9.59 Å². The Bertz CT molecular complexity index is 424. The topological polar surface area (TPSA) is 75.4 Å². The van der Waals surface area contributed by atoms with Crippen molar-refractivity contribution in [3.8, 4) is 0 Å². The van der Waals surface area contributed by atoms with Gasteiger partial charge in [-0.05, 0) is 12.0 Å². The number of amides is 2. The summed E-state index contributed by atoms with van der Waals surface area (Å²) in [5.74, 6) is -0.243. The molecule has 0 fully saturated rings. The molecule has 1 aromatic rings. The van der Waals surface area contributed by atoms with Crippen LogP contribution in [-0.2, 0) is 16.0 Å². The van der Waals surface area contributed by atoms with Crippen molar-refractivity contribution >= 4 is 24.2 Å². The minimum atomic E-state index is -0.586. The van der Waals surface area contributed by atoms with E-state index in [1.807, 2.05) is 30.3 Å². The lowest BCUT2D eigenvalue weighted by Gasteiger charge is -2.13. The highest BCUT2D eigenvalue weighted by Gasteiger charge is 2.14. The molecule has 0 bridgehead atoms. The molecule has 0 saturated carbocycles. The lowest BCUT2D eigenvalue weighted by molar-refractivity contribution is -0.128. The summed E-state index contributed by atoms with van der Waals surface area (Å²) in [6.45, 7) is 0.318. The van der Waals surface area contributed by atoms with Crippen molar-refractivity contribution in [1.82, 2.24) is 10.2 Å². The summed E-state index contributed by atoms with van der Waals surface area (Å²) in [4.78, 5) is 24.6. The third-order valence-electron chi connectivity index (χ3n) is 2.77. The number of hydrogen-bond donors (Lipinski definition) is 2. The number of nitrogens with zero attached hydrogens (tertiary/aromatic N) is 1. The van der Waals surface area contributed by atoms with Gasteiger partial charge in [0.2, 0.25) is 11.8 Å². The number of carbonyl (C=O) groups is 2. The zero-order valence-electron chi connectivity index (χ0n) is 11.8. The average Bonchev–Trinajstić information content (AvgIpc) is 2.39. The summed E-state index contributed by atoms with van der Waals surface area (Å²) in [5, 5.41) is 2.68. The Morgan fingerprint density at radius 1 is 1.25 bits per heavy atom. The molecule has 2 amide bonds. The van der Waals surface area contributed by atoms with E-state index in [-0.39, 0.29) is 30.6 Å². The summed E-state index contributed by atoms with van der Waals surface area (Å²) >= 11 is 0. The van der Waals surface area contributed by atoms with Crippen LogP contribution >= 0.6 is 12.4 Å². The van der Waals surface area contributed by atoms with Crippen molar-refractivity contribution in [2.45, 2.75) is 18.9 Å². The van der Waals surface area contributed by atoms with E-state index >= 15 is 0 Å². The van der Waals surface area contributed by atoms with Crippen LogP contribution < -0.4 is 11.1 Å². The quantitative estimate of drug-likeness (QED) is 0.806. The second kappa shape index (κ2) is 9.34. The Kier molecular flexibility index (Phi) is 8.59. The van der Waals surface area contributed by atoms with Gasteiger partial charge in [-0.1, -0.05) is 30.3 Å². The van der Waals surface area contributed by atoms with Crippen LogP contribution in [0, 0.1) is 0 Å². The van der Waals surface area contributed by atoms with Crippen LogP contribution in [0.25, 0.3) is 0 Å².